The molecule has 0 radical (unpaired) electrons. The molecule has 1 aromatic carbocycles. The molecule has 0 aliphatic heterocycles. The lowest BCUT2D eigenvalue weighted by molar-refractivity contribution is -0.122. The van der Waals surface area contributed by atoms with Crippen LogP contribution in [0.15, 0.2) is 24.3 Å². The molecular weight excluding hydrogens is 234 g/mol. The van der Waals surface area contributed by atoms with E-state index in [0.717, 1.165) is 12.0 Å². The van der Waals surface area contributed by atoms with Gasteiger partial charge in [0.25, 0.3) is 0 Å². The molecule has 0 aliphatic carbocycles. The standard InChI is InChI=1S/C14H20ClNO/c1-11-7-4-5-8-12(11)14(2,3)16-13(17)9-6-10-15/h4-5,7-8H,6,9-10H2,1-3H3,(H,16,17). The molecule has 1 N–H and O–H groups in total. The Balaban J connectivity index is 2.75. The second-order valence-electron chi connectivity index (χ2n) is 4.78. The molecule has 0 bridgehead atoms. The maximum absolute atomic E-state index is 11.7. The highest BCUT2D eigenvalue weighted by Gasteiger charge is 2.23. The monoisotopic (exact) mass is 253 g/mol. The van der Waals surface area contributed by atoms with Gasteiger partial charge in [-0.2, -0.15) is 0 Å². The Morgan fingerprint density at radius 3 is 2.59 bits per heavy atom. The van der Waals surface area contributed by atoms with Crippen molar-refractivity contribution in [1.29, 1.82) is 0 Å². The fourth-order valence-electron chi connectivity index (χ4n) is 1.98. The minimum absolute atomic E-state index is 0.0545. The first-order valence-corrected chi connectivity index (χ1v) is 6.44. The summed E-state index contributed by atoms with van der Waals surface area (Å²) in [5.74, 6) is 0.581. The van der Waals surface area contributed by atoms with Gasteiger partial charge in [-0.25, -0.2) is 0 Å². The summed E-state index contributed by atoms with van der Waals surface area (Å²) in [4.78, 5) is 11.7. The summed E-state index contributed by atoms with van der Waals surface area (Å²) in [7, 11) is 0. The third-order valence-corrected chi connectivity index (χ3v) is 3.08. The van der Waals surface area contributed by atoms with E-state index in [1.165, 1.54) is 5.56 Å². The predicted molar refractivity (Wildman–Crippen MR) is 72.3 cm³/mol. The Morgan fingerprint density at radius 2 is 2.00 bits per heavy atom. The van der Waals surface area contributed by atoms with E-state index in [4.69, 9.17) is 11.6 Å². The van der Waals surface area contributed by atoms with Crippen LogP contribution < -0.4 is 5.32 Å². The summed E-state index contributed by atoms with van der Waals surface area (Å²) in [5, 5.41) is 3.05. The van der Waals surface area contributed by atoms with E-state index in [0.29, 0.717) is 12.3 Å². The Kier molecular flexibility index (Phi) is 5.01. The van der Waals surface area contributed by atoms with Crippen LogP contribution >= 0.6 is 11.6 Å². The van der Waals surface area contributed by atoms with Gasteiger partial charge in [-0.15, -0.1) is 11.6 Å². The first-order valence-electron chi connectivity index (χ1n) is 5.90. The van der Waals surface area contributed by atoms with Gasteiger partial charge in [0, 0.05) is 12.3 Å². The fraction of sp³-hybridized carbons (Fsp3) is 0.500. The number of carbonyl (C=O) groups is 1. The minimum Gasteiger partial charge on any atom is -0.347 e. The first-order chi connectivity index (χ1) is 7.97. The number of amides is 1. The van der Waals surface area contributed by atoms with E-state index >= 15 is 0 Å². The molecule has 0 atom stereocenters. The van der Waals surface area contributed by atoms with Crippen LogP contribution in [-0.2, 0) is 10.3 Å². The van der Waals surface area contributed by atoms with Crippen molar-refractivity contribution >= 4 is 17.5 Å². The number of nitrogens with one attached hydrogen (secondary N) is 1. The molecule has 17 heavy (non-hydrogen) atoms. The van der Waals surface area contributed by atoms with Crippen LogP contribution in [0.25, 0.3) is 0 Å². The second kappa shape index (κ2) is 6.06. The molecule has 2 nitrogen and oxygen atoms in total. The third-order valence-electron chi connectivity index (χ3n) is 2.81. The predicted octanol–water partition coefficient (Wildman–Crippen LogP) is 3.37. The maximum atomic E-state index is 11.7. The van der Waals surface area contributed by atoms with Gasteiger partial charge < -0.3 is 5.32 Å². The van der Waals surface area contributed by atoms with Crippen molar-refractivity contribution in [1.82, 2.24) is 5.32 Å². The average molecular weight is 254 g/mol. The smallest absolute Gasteiger partial charge is 0.220 e. The zero-order chi connectivity index (χ0) is 12.9. The highest BCUT2D eigenvalue weighted by atomic mass is 35.5. The normalized spacial score (nSPS) is 11.3. The number of hydrogen-bond donors (Lipinski definition) is 1. The number of benzene rings is 1. The number of aryl methyl sites for hydroxylation is 1. The number of hydrogen-bond acceptors (Lipinski definition) is 1. The van der Waals surface area contributed by atoms with E-state index < -0.39 is 0 Å². The summed E-state index contributed by atoms with van der Waals surface area (Å²) in [6, 6.07) is 8.11. The Labute approximate surface area is 108 Å². The first kappa shape index (κ1) is 14.0. The molecule has 0 spiro atoms. The van der Waals surface area contributed by atoms with Gasteiger partial charge in [0.15, 0.2) is 0 Å². The lowest BCUT2D eigenvalue weighted by atomic mass is 9.90. The number of halogens is 1. The second-order valence-corrected chi connectivity index (χ2v) is 5.16. The molecule has 0 heterocycles. The Morgan fingerprint density at radius 1 is 1.35 bits per heavy atom. The zero-order valence-electron chi connectivity index (χ0n) is 10.7. The highest BCUT2D eigenvalue weighted by Crippen LogP contribution is 2.23. The summed E-state index contributed by atoms with van der Waals surface area (Å²) >= 11 is 5.58. The van der Waals surface area contributed by atoms with E-state index in [2.05, 4.69) is 24.4 Å². The molecule has 94 valence electrons. The summed E-state index contributed by atoms with van der Waals surface area (Å²) in [5.41, 5.74) is 2.00. The topological polar surface area (TPSA) is 29.1 Å². The maximum Gasteiger partial charge on any atom is 0.220 e. The molecule has 0 fully saturated rings. The van der Waals surface area contributed by atoms with Gasteiger partial charge in [0.2, 0.25) is 5.91 Å². The van der Waals surface area contributed by atoms with E-state index in [1.807, 2.05) is 26.0 Å². The van der Waals surface area contributed by atoms with Gasteiger partial charge in [0.05, 0.1) is 5.54 Å². The average Bonchev–Trinajstić information content (AvgIpc) is 2.26. The summed E-state index contributed by atoms with van der Waals surface area (Å²) in [6.45, 7) is 6.10. The molecular formula is C14H20ClNO. The van der Waals surface area contributed by atoms with Crippen LogP contribution in [0, 0.1) is 6.92 Å². The van der Waals surface area contributed by atoms with Crippen LogP contribution in [-0.4, -0.2) is 11.8 Å². The molecule has 0 aromatic heterocycles. The van der Waals surface area contributed by atoms with E-state index in [9.17, 15) is 4.79 Å². The van der Waals surface area contributed by atoms with Crippen molar-refractivity contribution in [2.45, 2.75) is 39.2 Å². The minimum atomic E-state index is -0.339. The molecule has 1 aromatic rings. The van der Waals surface area contributed by atoms with Gasteiger partial charge >= 0.3 is 0 Å². The number of alkyl halides is 1. The third kappa shape index (κ3) is 4.04. The van der Waals surface area contributed by atoms with Crippen LogP contribution in [0.2, 0.25) is 0 Å². The molecule has 1 rings (SSSR count). The largest absolute Gasteiger partial charge is 0.347 e. The van der Waals surface area contributed by atoms with E-state index in [-0.39, 0.29) is 11.4 Å². The fourth-order valence-corrected chi connectivity index (χ4v) is 2.11. The van der Waals surface area contributed by atoms with E-state index in [1.54, 1.807) is 0 Å². The van der Waals surface area contributed by atoms with Crippen molar-refractivity contribution in [3.63, 3.8) is 0 Å². The Hall–Kier alpha value is -1.02. The van der Waals surface area contributed by atoms with Crippen molar-refractivity contribution in [2.24, 2.45) is 0 Å². The van der Waals surface area contributed by atoms with Crippen LogP contribution in [0.1, 0.15) is 37.8 Å². The van der Waals surface area contributed by atoms with Gasteiger partial charge in [-0.3, -0.25) is 4.79 Å². The van der Waals surface area contributed by atoms with Crippen molar-refractivity contribution in [3.8, 4) is 0 Å². The Bertz CT molecular complexity index is 388. The molecule has 0 saturated carbocycles. The highest BCUT2D eigenvalue weighted by molar-refractivity contribution is 6.17. The molecule has 0 saturated heterocycles. The van der Waals surface area contributed by atoms with Crippen molar-refractivity contribution in [2.75, 3.05) is 5.88 Å². The molecule has 1 amide bonds. The lowest BCUT2D eigenvalue weighted by Gasteiger charge is -2.28. The van der Waals surface area contributed by atoms with Crippen molar-refractivity contribution < 1.29 is 4.79 Å². The molecule has 0 unspecified atom stereocenters. The molecule has 0 aliphatic rings. The zero-order valence-corrected chi connectivity index (χ0v) is 11.5. The van der Waals surface area contributed by atoms with Gasteiger partial charge in [0.1, 0.15) is 0 Å². The number of carbonyl (C=O) groups excluding carboxylic acids is 1. The van der Waals surface area contributed by atoms with Crippen LogP contribution in [0.3, 0.4) is 0 Å². The number of rotatable bonds is 5. The summed E-state index contributed by atoms with van der Waals surface area (Å²) < 4.78 is 0. The summed E-state index contributed by atoms with van der Waals surface area (Å²) in [6.07, 6.45) is 1.20. The van der Waals surface area contributed by atoms with Gasteiger partial charge in [-0.05, 0) is 38.3 Å². The SMILES string of the molecule is Cc1ccccc1C(C)(C)NC(=O)CCCCl. The van der Waals surface area contributed by atoms with Crippen LogP contribution in [0.4, 0.5) is 0 Å². The quantitative estimate of drug-likeness (QED) is 0.801. The van der Waals surface area contributed by atoms with Gasteiger partial charge in [-0.1, -0.05) is 24.3 Å². The lowest BCUT2D eigenvalue weighted by Crippen LogP contribution is -2.41. The van der Waals surface area contributed by atoms with Crippen molar-refractivity contribution in [3.05, 3.63) is 35.4 Å². The van der Waals surface area contributed by atoms with Crippen LogP contribution in [0.5, 0.6) is 0 Å². The molecule has 3 heteroatoms.